The molecule has 10 heteroatoms. The van der Waals surface area contributed by atoms with Gasteiger partial charge in [0.1, 0.15) is 0 Å². The smallest absolute Gasteiger partial charge is 0.269 e. The first kappa shape index (κ1) is 17.9. The van der Waals surface area contributed by atoms with Gasteiger partial charge in [0.25, 0.3) is 11.6 Å². The number of hydrogen-bond donors (Lipinski definition) is 1. The van der Waals surface area contributed by atoms with E-state index in [4.69, 9.17) is 14.1 Å². The predicted octanol–water partition coefficient (Wildman–Crippen LogP) is 2.91. The molecule has 0 saturated carbocycles. The van der Waals surface area contributed by atoms with Gasteiger partial charge in [-0.15, -0.1) is 0 Å². The van der Waals surface area contributed by atoms with Crippen molar-refractivity contribution >= 4 is 17.4 Å². The van der Waals surface area contributed by atoms with E-state index in [-0.39, 0.29) is 17.1 Å². The third-order valence-corrected chi connectivity index (χ3v) is 3.72. The molecule has 138 valence electrons. The predicted molar refractivity (Wildman–Crippen MR) is 93.9 cm³/mol. The van der Waals surface area contributed by atoms with Crippen LogP contribution in [0.3, 0.4) is 0 Å². The lowest BCUT2D eigenvalue weighted by Gasteiger charge is -2.09. The molecule has 10 nitrogen and oxygen atoms in total. The first-order valence-corrected chi connectivity index (χ1v) is 7.64. The SMILES string of the molecule is COc1ccc(-c2nonc2NC(=O)c2ccc([N+](=O)[O-])cc2)cc1OC. The van der Waals surface area contributed by atoms with Crippen molar-refractivity contribution in [2.24, 2.45) is 0 Å². The van der Waals surface area contributed by atoms with Crippen molar-refractivity contribution in [3.63, 3.8) is 0 Å². The van der Waals surface area contributed by atoms with E-state index in [1.54, 1.807) is 18.2 Å². The Morgan fingerprint density at radius 3 is 2.41 bits per heavy atom. The van der Waals surface area contributed by atoms with E-state index in [1.807, 2.05) is 0 Å². The Hall–Kier alpha value is -3.95. The van der Waals surface area contributed by atoms with Crippen molar-refractivity contribution in [2.75, 3.05) is 19.5 Å². The number of nitrogens with zero attached hydrogens (tertiary/aromatic N) is 3. The number of amides is 1. The van der Waals surface area contributed by atoms with Crippen molar-refractivity contribution in [1.82, 2.24) is 10.3 Å². The summed E-state index contributed by atoms with van der Waals surface area (Å²) in [4.78, 5) is 22.5. The van der Waals surface area contributed by atoms with Gasteiger partial charge in [0, 0.05) is 23.3 Å². The summed E-state index contributed by atoms with van der Waals surface area (Å²) in [6.45, 7) is 0. The number of carbonyl (C=O) groups excluding carboxylic acids is 1. The monoisotopic (exact) mass is 370 g/mol. The number of non-ortho nitro benzene ring substituents is 1. The molecule has 3 aromatic rings. The van der Waals surface area contributed by atoms with Gasteiger partial charge in [0.05, 0.1) is 19.1 Å². The topological polar surface area (TPSA) is 130 Å². The van der Waals surface area contributed by atoms with Gasteiger partial charge in [-0.1, -0.05) is 0 Å². The van der Waals surface area contributed by atoms with Crippen molar-refractivity contribution < 1.29 is 23.8 Å². The van der Waals surface area contributed by atoms with E-state index in [0.717, 1.165) is 0 Å². The molecule has 0 aliphatic heterocycles. The summed E-state index contributed by atoms with van der Waals surface area (Å²) in [5.41, 5.74) is 1.00. The third-order valence-electron chi connectivity index (χ3n) is 3.72. The van der Waals surface area contributed by atoms with Crippen LogP contribution >= 0.6 is 0 Å². The Morgan fingerprint density at radius 1 is 1.07 bits per heavy atom. The minimum absolute atomic E-state index is 0.102. The average molecular weight is 370 g/mol. The average Bonchev–Trinajstić information content (AvgIpc) is 3.15. The fraction of sp³-hybridized carbons (Fsp3) is 0.118. The van der Waals surface area contributed by atoms with E-state index in [0.29, 0.717) is 22.8 Å². The van der Waals surface area contributed by atoms with Gasteiger partial charge in [-0.3, -0.25) is 14.9 Å². The van der Waals surface area contributed by atoms with Crippen molar-refractivity contribution in [3.05, 3.63) is 58.1 Å². The number of hydrogen-bond acceptors (Lipinski definition) is 8. The van der Waals surface area contributed by atoms with E-state index in [2.05, 4.69) is 15.6 Å². The Labute approximate surface area is 152 Å². The lowest BCUT2D eigenvalue weighted by molar-refractivity contribution is -0.384. The maximum Gasteiger partial charge on any atom is 0.269 e. The number of methoxy groups -OCH3 is 2. The van der Waals surface area contributed by atoms with Crippen molar-refractivity contribution in [3.8, 4) is 22.8 Å². The maximum atomic E-state index is 12.4. The first-order chi connectivity index (χ1) is 13.0. The molecule has 0 saturated heterocycles. The number of benzene rings is 2. The highest BCUT2D eigenvalue weighted by Gasteiger charge is 2.18. The summed E-state index contributed by atoms with van der Waals surface area (Å²) in [7, 11) is 3.02. The highest BCUT2D eigenvalue weighted by Crippen LogP contribution is 2.33. The quantitative estimate of drug-likeness (QED) is 0.518. The molecule has 2 aromatic carbocycles. The molecule has 0 radical (unpaired) electrons. The van der Waals surface area contributed by atoms with Crippen molar-refractivity contribution in [2.45, 2.75) is 0 Å². The molecule has 0 spiro atoms. The lowest BCUT2D eigenvalue weighted by Crippen LogP contribution is -2.12. The molecule has 27 heavy (non-hydrogen) atoms. The summed E-state index contributed by atoms with van der Waals surface area (Å²) in [5.74, 6) is 0.604. The van der Waals surface area contributed by atoms with Gasteiger partial charge in [-0.2, -0.15) is 0 Å². The minimum Gasteiger partial charge on any atom is -0.493 e. The summed E-state index contributed by atoms with van der Waals surface area (Å²) in [5, 5.41) is 20.8. The second-order valence-electron chi connectivity index (χ2n) is 5.29. The number of anilines is 1. The number of aromatic nitrogens is 2. The lowest BCUT2D eigenvalue weighted by atomic mass is 10.1. The second kappa shape index (κ2) is 7.52. The normalized spacial score (nSPS) is 10.3. The highest BCUT2D eigenvalue weighted by molar-refractivity contribution is 6.05. The number of ether oxygens (including phenoxy) is 2. The summed E-state index contributed by atoms with van der Waals surface area (Å²) >= 11 is 0. The van der Waals surface area contributed by atoms with Crippen LogP contribution in [0.4, 0.5) is 11.5 Å². The minimum atomic E-state index is -0.543. The Morgan fingerprint density at radius 2 is 1.78 bits per heavy atom. The molecule has 1 heterocycles. The van der Waals surface area contributed by atoms with Crippen LogP contribution in [-0.2, 0) is 0 Å². The zero-order valence-corrected chi connectivity index (χ0v) is 14.3. The van der Waals surface area contributed by atoms with Crippen LogP contribution in [0.2, 0.25) is 0 Å². The molecule has 0 fully saturated rings. The maximum absolute atomic E-state index is 12.4. The van der Waals surface area contributed by atoms with Crippen LogP contribution in [0.5, 0.6) is 11.5 Å². The van der Waals surface area contributed by atoms with Crippen LogP contribution in [-0.4, -0.2) is 35.4 Å². The molecule has 0 atom stereocenters. The third kappa shape index (κ3) is 3.68. The molecule has 3 rings (SSSR count). The number of nitrogens with one attached hydrogen (secondary N) is 1. The second-order valence-corrected chi connectivity index (χ2v) is 5.29. The van der Waals surface area contributed by atoms with Crippen LogP contribution < -0.4 is 14.8 Å². The molecule has 0 bridgehead atoms. The highest BCUT2D eigenvalue weighted by atomic mass is 16.6. The van der Waals surface area contributed by atoms with E-state index < -0.39 is 10.8 Å². The van der Waals surface area contributed by atoms with Crippen LogP contribution in [0.1, 0.15) is 10.4 Å². The number of carbonyl (C=O) groups is 1. The zero-order valence-electron chi connectivity index (χ0n) is 14.3. The summed E-state index contributed by atoms with van der Waals surface area (Å²) in [6, 6.07) is 10.2. The van der Waals surface area contributed by atoms with E-state index in [9.17, 15) is 14.9 Å². The summed E-state index contributed by atoms with van der Waals surface area (Å²) in [6.07, 6.45) is 0. The van der Waals surface area contributed by atoms with Gasteiger partial charge in [0.2, 0.25) is 5.82 Å². The standard InChI is InChI=1S/C17H14N4O6/c1-25-13-8-5-11(9-14(13)26-2)15-16(20-27-19-15)18-17(22)10-3-6-12(7-4-10)21(23)24/h3-9H,1-2H3,(H,18,20,22). The van der Waals surface area contributed by atoms with E-state index in [1.165, 1.54) is 38.5 Å². The molecule has 1 N–H and O–H groups in total. The van der Waals surface area contributed by atoms with Crippen molar-refractivity contribution in [1.29, 1.82) is 0 Å². The van der Waals surface area contributed by atoms with Gasteiger partial charge >= 0.3 is 0 Å². The fourth-order valence-corrected chi connectivity index (χ4v) is 2.36. The molecular weight excluding hydrogens is 356 g/mol. The van der Waals surface area contributed by atoms with Gasteiger partial charge in [0.15, 0.2) is 17.2 Å². The Bertz CT molecular complexity index is 983. The number of nitro benzene ring substituents is 1. The van der Waals surface area contributed by atoms with E-state index >= 15 is 0 Å². The zero-order chi connectivity index (χ0) is 19.4. The van der Waals surface area contributed by atoms with Gasteiger partial charge in [-0.05, 0) is 40.6 Å². The van der Waals surface area contributed by atoms with Gasteiger partial charge < -0.3 is 14.8 Å². The van der Waals surface area contributed by atoms with Crippen LogP contribution in [0.15, 0.2) is 47.1 Å². The van der Waals surface area contributed by atoms with Crippen LogP contribution in [0, 0.1) is 10.1 Å². The largest absolute Gasteiger partial charge is 0.493 e. The molecular formula is C17H14N4O6. The first-order valence-electron chi connectivity index (χ1n) is 7.64. The van der Waals surface area contributed by atoms with Gasteiger partial charge in [-0.25, -0.2) is 4.63 Å². The fourth-order valence-electron chi connectivity index (χ4n) is 2.36. The molecule has 1 aromatic heterocycles. The molecule has 1 amide bonds. The molecule has 0 unspecified atom stereocenters. The summed E-state index contributed by atoms with van der Waals surface area (Å²) < 4.78 is 15.2. The number of rotatable bonds is 6. The Balaban J connectivity index is 1.85. The van der Waals surface area contributed by atoms with Crippen LogP contribution in [0.25, 0.3) is 11.3 Å². The Kier molecular flexibility index (Phi) is 4.97. The molecule has 0 aliphatic carbocycles. The molecule has 0 aliphatic rings. The number of nitro groups is 1.